The molecule has 0 unspecified atom stereocenters. The molecule has 2 rings (SSSR count). The third kappa shape index (κ3) is 1.17. The topological polar surface area (TPSA) is 59.5 Å². The number of carboxylic acids is 1. The van der Waals surface area contributed by atoms with Gasteiger partial charge in [0, 0.05) is 24.5 Å². The first-order valence-corrected chi connectivity index (χ1v) is 4.39. The molecule has 2 heterocycles. The molecule has 0 amide bonds. The number of aromatic nitrogens is 3. The van der Waals surface area contributed by atoms with Crippen LogP contribution in [0.25, 0.3) is 5.65 Å². The van der Waals surface area contributed by atoms with Crippen molar-refractivity contribution in [1.29, 1.82) is 0 Å². The van der Waals surface area contributed by atoms with E-state index in [1.54, 1.807) is 16.8 Å². The van der Waals surface area contributed by atoms with Crippen molar-refractivity contribution in [2.24, 2.45) is 0 Å². The lowest BCUT2D eigenvalue weighted by Crippen LogP contribution is -1.98. The maximum atomic E-state index is 10.7. The second-order valence-corrected chi connectivity index (χ2v) is 3.44. The normalized spacial score (nSPS) is 11.4. The molecule has 0 aliphatic rings. The SMILES string of the molecule is CC(C)n1ccn2nc(C(=O)O)cc12. The van der Waals surface area contributed by atoms with Crippen molar-refractivity contribution in [3.63, 3.8) is 0 Å². The highest BCUT2D eigenvalue weighted by molar-refractivity contribution is 5.86. The van der Waals surface area contributed by atoms with E-state index < -0.39 is 5.97 Å². The van der Waals surface area contributed by atoms with Crippen molar-refractivity contribution >= 4 is 11.6 Å². The molecule has 2 aromatic heterocycles. The minimum absolute atomic E-state index is 0.0787. The van der Waals surface area contributed by atoms with Gasteiger partial charge in [-0.15, -0.1) is 0 Å². The maximum Gasteiger partial charge on any atom is 0.356 e. The standard InChI is InChI=1S/C9H11N3O2/c1-6(2)11-3-4-12-8(11)5-7(10-12)9(13)14/h3-6H,1-2H3,(H,13,14). The molecule has 0 spiro atoms. The fourth-order valence-electron chi connectivity index (χ4n) is 1.44. The summed E-state index contributed by atoms with van der Waals surface area (Å²) in [6.45, 7) is 4.07. The van der Waals surface area contributed by atoms with Crippen LogP contribution < -0.4 is 0 Å². The highest BCUT2D eigenvalue weighted by Crippen LogP contribution is 2.13. The molecule has 14 heavy (non-hydrogen) atoms. The Labute approximate surface area is 80.6 Å². The molecule has 0 radical (unpaired) electrons. The van der Waals surface area contributed by atoms with Crippen LogP contribution in [0, 0.1) is 0 Å². The summed E-state index contributed by atoms with van der Waals surface area (Å²) in [6, 6.07) is 1.87. The van der Waals surface area contributed by atoms with E-state index in [9.17, 15) is 4.79 Å². The molecule has 0 saturated carbocycles. The molecule has 74 valence electrons. The van der Waals surface area contributed by atoms with E-state index in [0.29, 0.717) is 6.04 Å². The van der Waals surface area contributed by atoms with Gasteiger partial charge in [-0.25, -0.2) is 9.31 Å². The molecule has 2 aromatic rings. The molecule has 1 N–H and O–H groups in total. The monoisotopic (exact) mass is 193 g/mol. The summed E-state index contributed by atoms with van der Waals surface area (Å²) >= 11 is 0. The van der Waals surface area contributed by atoms with Gasteiger partial charge in [-0.05, 0) is 13.8 Å². The number of rotatable bonds is 2. The summed E-state index contributed by atoms with van der Waals surface area (Å²) in [6.07, 6.45) is 3.64. The van der Waals surface area contributed by atoms with E-state index in [2.05, 4.69) is 5.10 Å². The molecule has 0 aliphatic carbocycles. The number of imidazole rings is 1. The first-order chi connectivity index (χ1) is 6.59. The van der Waals surface area contributed by atoms with Gasteiger partial charge >= 0.3 is 5.97 Å². The minimum Gasteiger partial charge on any atom is -0.476 e. The van der Waals surface area contributed by atoms with Crippen molar-refractivity contribution in [1.82, 2.24) is 14.2 Å². The van der Waals surface area contributed by atoms with Gasteiger partial charge in [-0.2, -0.15) is 5.10 Å². The number of carbonyl (C=O) groups is 1. The quantitative estimate of drug-likeness (QED) is 0.784. The lowest BCUT2D eigenvalue weighted by atomic mass is 10.4. The Balaban J connectivity index is 2.61. The average molecular weight is 193 g/mol. The largest absolute Gasteiger partial charge is 0.476 e. The van der Waals surface area contributed by atoms with Crippen molar-refractivity contribution in [3.8, 4) is 0 Å². The van der Waals surface area contributed by atoms with Gasteiger partial charge in [0.15, 0.2) is 5.69 Å². The fourth-order valence-corrected chi connectivity index (χ4v) is 1.44. The molecular formula is C9H11N3O2. The Morgan fingerprint density at radius 2 is 2.21 bits per heavy atom. The molecule has 0 saturated heterocycles. The average Bonchev–Trinajstić information content (AvgIpc) is 2.58. The van der Waals surface area contributed by atoms with Gasteiger partial charge in [-0.3, -0.25) is 0 Å². The van der Waals surface area contributed by atoms with Gasteiger partial charge in [0.1, 0.15) is 5.65 Å². The van der Waals surface area contributed by atoms with Crippen molar-refractivity contribution in [3.05, 3.63) is 24.2 Å². The molecule has 5 nitrogen and oxygen atoms in total. The summed E-state index contributed by atoms with van der Waals surface area (Å²) in [7, 11) is 0. The lowest BCUT2D eigenvalue weighted by Gasteiger charge is -2.05. The Morgan fingerprint density at radius 1 is 1.50 bits per heavy atom. The zero-order valence-corrected chi connectivity index (χ0v) is 8.01. The molecule has 0 bridgehead atoms. The number of fused-ring (bicyclic) bond motifs is 1. The van der Waals surface area contributed by atoms with Gasteiger partial charge in [0.05, 0.1) is 0 Å². The Kier molecular flexibility index (Phi) is 1.80. The van der Waals surface area contributed by atoms with E-state index in [4.69, 9.17) is 5.11 Å². The fraction of sp³-hybridized carbons (Fsp3) is 0.333. The minimum atomic E-state index is -0.996. The lowest BCUT2D eigenvalue weighted by molar-refractivity contribution is 0.0690. The van der Waals surface area contributed by atoms with E-state index >= 15 is 0 Å². The first-order valence-electron chi connectivity index (χ1n) is 4.39. The van der Waals surface area contributed by atoms with Crippen LogP contribution in [0.1, 0.15) is 30.4 Å². The van der Waals surface area contributed by atoms with E-state index in [1.807, 2.05) is 24.6 Å². The van der Waals surface area contributed by atoms with Crippen LogP contribution in [-0.4, -0.2) is 25.3 Å². The Hall–Kier alpha value is -1.78. The van der Waals surface area contributed by atoms with Crippen LogP contribution >= 0.6 is 0 Å². The first kappa shape index (κ1) is 8.80. The van der Waals surface area contributed by atoms with Gasteiger partial charge in [-0.1, -0.05) is 0 Å². The molecule has 5 heteroatoms. The number of hydrogen-bond donors (Lipinski definition) is 1. The Morgan fingerprint density at radius 3 is 2.79 bits per heavy atom. The summed E-state index contributed by atoms with van der Waals surface area (Å²) < 4.78 is 3.54. The second-order valence-electron chi connectivity index (χ2n) is 3.44. The predicted molar refractivity (Wildman–Crippen MR) is 50.5 cm³/mol. The maximum absolute atomic E-state index is 10.7. The summed E-state index contributed by atoms with van der Waals surface area (Å²) in [5.41, 5.74) is 0.882. The smallest absolute Gasteiger partial charge is 0.356 e. The van der Waals surface area contributed by atoms with Gasteiger partial charge in [0.25, 0.3) is 0 Å². The number of nitrogens with zero attached hydrogens (tertiary/aromatic N) is 3. The molecule has 0 atom stereocenters. The highest BCUT2D eigenvalue weighted by atomic mass is 16.4. The van der Waals surface area contributed by atoms with Crippen molar-refractivity contribution < 1.29 is 9.90 Å². The molecular weight excluding hydrogens is 182 g/mol. The van der Waals surface area contributed by atoms with Crippen LogP contribution in [0.15, 0.2) is 18.5 Å². The number of aromatic carboxylic acids is 1. The van der Waals surface area contributed by atoms with Crippen molar-refractivity contribution in [2.75, 3.05) is 0 Å². The zero-order chi connectivity index (χ0) is 10.3. The number of carboxylic acid groups (broad SMARTS) is 1. The second kappa shape index (κ2) is 2.87. The van der Waals surface area contributed by atoms with Gasteiger partial charge < -0.3 is 9.67 Å². The van der Waals surface area contributed by atoms with Crippen molar-refractivity contribution in [2.45, 2.75) is 19.9 Å². The van der Waals surface area contributed by atoms with E-state index in [1.165, 1.54) is 0 Å². The highest BCUT2D eigenvalue weighted by Gasteiger charge is 2.12. The third-order valence-corrected chi connectivity index (χ3v) is 2.12. The predicted octanol–water partition coefficient (Wildman–Crippen LogP) is 1.41. The van der Waals surface area contributed by atoms with E-state index in [0.717, 1.165) is 5.65 Å². The molecule has 0 aromatic carbocycles. The van der Waals surface area contributed by atoms with E-state index in [-0.39, 0.29) is 5.69 Å². The van der Waals surface area contributed by atoms with Gasteiger partial charge in [0.2, 0.25) is 0 Å². The summed E-state index contributed by atoms with van der Waals surface area (Å²) in [5, 5.41) is 12.7. The summed E-state index contributed by atoms with van der Waals surface area (Å²) in [5.74, 6) is -0.996. The summed E-state index contributed by atoms with van der Waals surface area (Å²) in [4.78, 5) is 10.7. The third-order valence-electron chi connectivity index (χ3n) is 2.12. The van der Waals surface area contributed by atoms with Crippen LogP contribution in [0.3, 0.4) is 0 Å². The van der Waals surface area contributed by atoms with Crippen LogP contribution in [0.5, 0.6) is 0 Å². The van der Waals surface area contributed by atoms with Crippen LogP contribution in [0.2, 0.25) is 0 Å². The molecule has 0 fully saturated rings. The van der Waals surface area contributed by atoms with Crippen LogP contribution in [0.4, 0.5) is 0 Å². The zero-order valence-electron chi connectivity index (χ0n) is 8.01. The molecule has 0 aliphatic heterocycles. The Bertz CT molecular complexity index is 481. The number of hydrogen-bond acceptors (Lipinski definition) is 2. The van der Waals surface area contributed by atoms with Crippen LogP contribution in [-0.2, 0) is 0 Å².